The van der Waals surface area contributed by atoms with Crippen LogP contribution in [0.1, 0.15) is 55.6 Å². The van der Waals surface area contributed by atoms with E-state index in [-0.39, 0.29) is 0 Å². The molecule has 10 aromatic carbocycles. The lowest BCUT2D eigenvalue weighted by Gasteiger charge is -2.20. The van der Waals surface area contributed by atoms with Crippen LogP contribution in [0, 0.1) is 66.7 Å². The normalized spacial score (nSPS) is 11.9. The summed E-state index contributed by atoms with van der Waals surface area (Å²) in [7, 11) is 0. The van der Waals surface area contributed by atoms with E-state index >= 15 is 0 Å². The van der Waals surface area contributed by atoms with Crippen LogP contribution in [0.4, 0.5) is 13.2 Å². The third-order valence-corrected chi connectivity index (χ3v) is 15.0. The number of hydrogen-bond donors (Lipinski definition) is 0. The Kier molecular flexibility index (Phi) is 11.5. The molecule has 0 spiro atoms. The van der Waals surface area contributed by atoms with Gasteiger partial charge in [0.2, 0.25) is 0 Å². The first-order chi connectivity index (χ1) is 36.5. The predicted octanol–water partition coefficient (Wildman–Crippen LogP) is 19.6. The number of nitrogens with zero attached hydrogens (tertiary/aromatic N) is 3. The fourth-order valence-electron chi connectivity index (χ4n) is 12.0. The Morgan fingerprint density at radius 1 is 0.329 bits per heavy atom. The highest BCUT2D eigenvalue weighted by molar-refractivity contribution is 6.13. The fraction of sp³-hybridized carbons (Fsp3) is 0.129. The minimum Gasteiger partial charge on any atom is -0.309 e. The Hall–Kier alpha value is -8.92. The molecule has 0 saturated heterocycles. The number of aromatic nitrogens is 2. The largest absolute Gasteiger partial charge is 0.416 e. The van der Waals surface area contributed by atoms with Gasteiger partial charge in [0.05, 0.1) is 44.6 Å². The fourth-order valence-corrected chi connectivity index (χ4v) is 12.0. The summed E-state index contributed by atoms with van der Waals surface area (Å²) in [5.41, 5.74) is 22.6. The molecule has 2 heterocycles. The maximum atomic E-state index is 15.0. The Bertz CT molecular complexity index is 4140. The third kappa shape index (κ3) is 8.52. The molecule has 370 valence electrons. The maximum absolute atomic E-state index is 15.0. The third-order valence-electron chi connectivity index (χ3n) is 15.0. The van der Waals surface area contributed by atoms with E-state index in [1.165, 1.54) is 12.1 Å². The maximum Gasteiger partial charge on any atom is 0.416 e. The molecule has 12 rings (SSSR count). The number of fused-ring (bicyclic) bond motifs is 6. The zero-order valence-electron chi connectivity index (χ0n) is 43.8. The van der Waals surface area contributed by atoms with Crippen molar-refractivity contribution in [2.45, 2.75) is 61.6 Å². The van der Waals surface area contributed by atoms with E-state index < -0.39 is 11.7 Å². The van der Waals surface area contributed by atoms with Crippen molar-refractivity contribution >= 4 is 43.6 Å². The Labute approximate surface area is 441 Å². The molecule has 0 aliphatic rings. The van der Waals surface area contributed by atoms with Gasteiger partial charge in [0.1, 0.15) is 6.07 Å². The average molecular weight is 994 g/mol. The van der Waals surface area contributed by atoms with E-state index in [1.807, 2.05) is 12.1 Å². The SMILES string of the molecule is Cc1cc(C)cc(-c2ccc3c4ccc(-c5cc(C)cc(C)c5)cc4n(-c4cc(-c5cccc(C(F)(F)F)c5)c(-n5c6cc(-c7cc(C)cc(C)c7)ccc6c6ccc(-c7cc(C)cc(C)c7)cc65)cc4C#N)c3c2)c1. The number of aryl methyl sites for hydroxylation is 8. The van der Waals surface area contributed by atoms with Gasteiger partial charge >= 0.3 is 6.18 Å². The number of rotatable bonds is 7. The lowest BCUT2D eigenvalue weighted by atomic mass is 9.97. The number of halogens is 3. The van der Waals surface area contributed by atoms with Crippen LogP contribution in [0.2, 0.25) is 0 Å². The molecule has 0 amide bonds. The van der Waals surface area contributed by atoms with Gasteiger partial charge in [-0.25, -0.2) is 0 Å². The lowest BCUT2D eigenvalue weighted by Crippen LogP contribution is -2.06. The van der Waals surface area contributed by atoms with E-state index in [9.17, 15) is 18.4 Å². The molecule has 0 N–H and O–H groups in total. The summed E-state index contributed by atoms with van der Waals surface area (Å²) in [5.74, 6) is 0. The van der Waals surface area contributed by atoms with Gasteiger partial charge in [0, 0.05) is 27.1 Å². The topological polar surface area (TPSA) is 33.6 Å². The van der Waals surface area contributed by atoms with Crippen molar-refractivity contribution in [3.8, 4) is 73.1 Å². The monoisotopic (exact) mass is 993 g/mol. The second-order valence-corrected chi connectivity index (χ2v) is 21.2. The first-order valence-corrected chi connectivity index (χ1v) is 25.7. The molecule has 0 radical (unpaired) electrons. The molecule has 6 heteroatoms. The number of alkyl halides is 3. The van der Waals surface area contributed by atoms with E-state index in [2.05, 4.69) is 216 Å². The molecular weight excluding hydrogens is 940 g/mol. The highest BCUT2D eigenvalue weighted by atomic mass is 19.4. The molecule has 0 bridgehead atoms. The van der Waals surface area contributed by atoms with E-state index in [0.29, 0.717) is 28.1 Å². The van der Waals surface area contributed by atoms with Crippen molar-refractivity contribution in [2.75, 3.05) is 0 Å². The number of benzene rings is 10. The first-order valence-electron chi connectivity index (χ1n) is 25.7. The molecule has 0 aliphatic carbocycles. The quantitative estimate of drug-likeness (QED) is 0.157. The standard InChI is InChI=1S/C70H54F3N3/c1-40-20-41(2)25-53(24-40)48-12-16-59-60-17-13-49(54-26-42(3)21-43(4)27-54)34-66(60)75(65(59)33-48)64-38-63(52-10-9-11-58(32-52)70(71,72)73)69(37-57(64)39-74)76-67-35-50(55-28-44(5)22-45(6)29-55)14-18-61(67)62-19-15-51(36-68(62)76)56-30-46(7)23-47(8)31-56/h9-38H,1-8H3. The highest BCUT2D eigenvalue weighted by Crippen LogP contribution is 2.45. The summed E-state index contributed by atoms with van der Waals surface area (Å²) < 4.78 is 49.2. The second-order valence-electron chi connectivity index (χ2n) is 21.2. The molecule has 0 atom stereocenters. The molecule has 12 aromatic rings. The summed E-state index contributed by atoms with van der Waals surface area (Å²) in [6.45, 7) is 16.8. The van der Waals surface area contributed by atoms with Crippen molar-refractivity contribution in [1.82, 2.24) is 9.13 Å². The zero-order valence-corrected chi connectivity index (χ0v) is 43.8. The van der Waals surface area contributed by atoms with Crippen LogP contribution in [0.25, 0.3) is 111 Å². The second kappa shape index (κ2) is 18.2. The van der Waals surface area contributed by atoms with Crippen LogP contribution in [-0.2, 0) is 6.18 Å². The van der Waals surface area contributed by atoms with Crippen LogP contribution >= 0.6 is 0 Å². The minimum absolute atomic E-state index is 0.365. The summed E-state index contributed by atoms with van der Waals surface area (Å²) in [4.78, 5) is 0. The van der Waals surface area contributed by atoms with Crippen molar-refractivity contribution < 1.29 is 13.2 Å². The van der Waals surface area contributed by atoms with Crippen molar-refractivity contribution in [1.29, 1.82) is 5.26 Å². The van der Waals surface area contributed by atoms with Crippen LogP contribution in [0.3, 0.4) is 0 Å². The summed E-state index contributed by atoms with van der Waals surface area (Å²) in [6.07, 6.45) is -4.61. The van der Waals surface area contributed by atoms with Gasteiger partial charge in [-0.15, -0.1) is 0 Å². The summed E-state index contributed by atoms with van der Waals surface area (Å²) in [5, 5.41) is 15.6. The molecule has 0 saturated carbocycles. The van der Waals surface area contributed by atoms with E-state index in [0.717, 1.165) is 139 Å². The minimum atomic E-state index is -4.61. The average Bonchev–Trinajstić information content (AvgIpc) is 3.93. The summed E-state index contributed by atoms with van der Waals surface area (Å²) >= 11 is 0. The Morgan fingerprint density at radius 2 is 0.658 bits per heavy atom. The first kappa shape index (κ1) is 48.0. The molecule has 0 fully saturated rings. The Morgan fingerprint density at radius 3 is 0.974 bits per heavy atom. The zero-order chi connectivity index (χ0) is 52.9. The highest BCUT2D eigenvalue weighted by Gasteiger charge is 2.31. The van der Waals surface area contributed by atoms with Crippen LogP contribution in [-0.4, -0.2) is 9.13 Å². The van der Waals surface area contributed by atoms with Gasteiger partial charge in [0.15, 0.2) is 0 Å². The lowest BCUT2D eigenvalue weighted by molar-refractivity contribution is -0.137. The Balaban J connectivity index is 1.22. The molecule has 0 unspecified atom stereocenters. The van der Waals surface area contributed by atoms with Crippen LogP contribution in [0.15, 0.2) is 182 Å². The van der Waals surface area contributed by atoms with Crippen LogP contribution < -0.4 is 0 Å². The van der Waals surface area contributed by atoms with E-state index in [1.54, 1.807) is 6.07 Å². The predicted molar refractivity (Wildman–Crippen MR) is 310 cm³/mol. The van der Waals surface area contributed by atoms with Crippen molar-refractivity contribution in [3.63, 3.8) is 0 Å². The van der Waals surface area contributed by atoms with Crippen LogP contribution in [0.5, 0.6) is 0 Å². The van der Waals surface area contributed by atoms with E-state index in [4.69, 9.17) is 0 Å². The van der Waals surface area contributed by atoms with Gasteiger partial charge < -0.3 is 9.13 Å². The molecule has 0 aliphatic heterocycles. The summed E-state index contributed by atoms with van der Waals surface area (Å²) in [6, 6.07) is 64.2. The molecule has 2 aromatic heterocycles. The number of hydrogen-bond acceptors (Lipinski definition) is 1. The van der Waals surface area contributed by atoms with Gasteiger partial charge in [-0.3, -0.25) is 0 Å². The smallest absolute Gasteiger partial charge is 0.309 e. The number of nitriles is 1. The van der Waals surface area contributed by atoms with Gasteiger partial charge in [-0.2, -0.15) is 18.4 Å². The molecule has 76 heavy (non-hydrogen) atoms. The van der Waals surface area contributed by atoms with Gasteiger partial charge in [-0.1, -0.05) is 178 Å². The van der Waals surface area contributed by atoms with Gasteiger partial charge in [-0.05, 0) is 154 Å². The van der Waals surface area contributed by atoms with Crippen molar-refractivity contribution in [3.05, 3.63) is 238 Å². The van der Waals surface area contributed by atoms with Gasteiger partial charge in [0.25, 0.3) is 0 Å². The molecule has 3 nitrogen and oxygen atoms in total. The van der Waals surface area contributed by atoms with Crippen molar-refractivity contribution in [2.24, 2.45) is 0 Å². The molecular formula is C70H54F3N3.